The summed E-state index contributed by atoms with van der Waals surface area (Å²) in [6.45, 7) is 0. The molecule has 0 saturated carbocycles. The number of anilines is 2. The van der Waals surface area contributed by atoms with Crippen LogP contribution in [0.4, 0.5) is 11.4 Å². The second-order valence-corrected chi connectivity index (χ2v) is 5.78. The quantitative estimate of drug-likeness (QED) is 0.472. The number of carboxylic acid groups (broad SMARTS) is 2. The number of hydrogen-bond acceptors (Lipinski definition) is 6. The Labute approximate surface area is 159 Å². The Balaban J connectivity index is 1.74. The number of carboxylic acids is 2. The van der Waals surface area contributed by atoms with E-state index in [1.54, 1.807) is 36.4 Å². The highest BCUT2D eigenvalue weighted by atomic mass is 16.5. The van der Waals surface area contributed by atoms with E-state index in [0.717, 1.165) is 0 Å². The molecule has 0 unspecified atom stereocenters. The zero-order valence-corrected chi connectivity index (χ0v) is 14.5. The molecule has 28 heavy (non-hydrogen) atoms. The van der Waals surface area contributed by atoms with Gasteiger partial charge in [0, 0.05) is 11.4 Å². The van der Waals surface area contributed by atoms with Gasteiger partial charge < -0.3 is 31.2 Å². The summed E-state index contributed by atoms with van der Waals surface area (Å²) in [6, 6.07) is 15.2. The second kappa shape index (κ2) is 7.58. The van der Waals surface area contributed by atoms with Gasteiger partial charge in [0.1, 0.15) is 23.0 Å². The third-order valence-corrected chi connectivity index (χ3v) is 3.81. The van der Waals surface area contributed by atoms with Crippen LogP contribution < -0.4 is 20.9 Å². The second-order valence-electron chi connectivity index (χ2n) is 5.78. The predicted octanol–water partition coefficient (Wildman–Crippen LogP) is 3.83. The van der Waals surface area contributed by atoms with Crippen LogP contribution in [-0.2, 0) is 0 Å². The van der Waals surface area contributed by atoms with Gasteiger partial charge >= 0.3 is 11.9 Å². The molecule has 0 heterocycles. The van der Waals surface area contributed by atoms with Crippen LogP contribution in [0.1, 0.15) is 20.7 Å². The minimum absolute atomic E-state index is 0.0463. The molecular weight excluding hydrogens is 364 g/mol. The number of nitrogens with two attached hydrogens (primary N) is 2. The maximum Gasteiger partial charge on any atom is 0.337 e. The van der Waals surface area contributed by atoms with E-state index in [1.807, 2.05) is 0 Å². The van der Waals surface area contributed by atoms with Gasteiger partial charge in [0.15, 0.2) is 0 Å². The van der Waals surface area contributed by atoms with E-state index in [2.05, 4.69) is 0 Å². The fraction of sp³-hybridized carbons (Fsp3) is 0. The van der Waals surface area contributed by atoms with Gasteiger partial charge in [-0.05, 0) is 60.7 Å². The van der Waals surface area contributed by atoms with E-state index in [1.165, 1.54) is 24.3 Å². The monoisotopic (exact) mass is 380 g/mol. The summed E-state index contributed by atoms with van der Waals surface area (Å²) in [5.41, 5.74) is 11.4. The van der Waals surface area contributed by atoms with Crippen molar-refractivity contribution in [2.45, 2.75) is 0 Å². The first kappa shape index (κ1) is 18.6. The van der Waals surface area contributed by atoms with Crippen LogP contribution in [0.15, 0.2) is 60.7 Å². The van der Waals surface area contributed by atoms with E-state index >= 15 is 0 Å². The minimum Gasteiger partial charge on any atom is -0.478 e. The first-order valence-electron chi connectivity index (χ1n) is 8.05. The Morgan fingerprint density at radius 2 is 0.929 bits per heavy atom. The summed E-state index contributed by atoms with van der Waals surface area (Å²) in [4.78, 5) is 22.3. The largest absolute Gasteiger partial charge is 0.478 e. The number of rotatable bonds is 6. The van der Waals surface area contributed by atoms with E-state index in [0.29, 0.717) is 23.0 Å². The summed E-state index contributed by atoms with van der Waals surface area (Å²) in [7, 11) is 0. The molecule has 8 heteroatoms. The van der Waals surface area contributed by atoms with Crippen LogP contribution >= 0.6 is 0 Å². The van der Waals surface area contributed by atoms with E-state index in [9.17, 15) is 9.59 Å². The van der Waals surface area contributed by atoms with E-state index < -0.39 is 11.9 Å². The van der Waals surface area contributed by atoms with Crippen molar-refractivity contribution in [1.29, 1.82) is 0 Å². The van der Waals surface area contributed by atoms with Crippen LogP contribution in [0.5, 0.6) is 23.0 Å². The van der Waals surface area contributed by atoms with Crippen molar-refractivity contribution in [2.75, 3.05) is 11.5 Å². The molecule has 0 bridgehead atoms. The van der Waals surface area contributed by atoms with Crippen LogP contribution in [-0.4, -0.2) is 22.2 Å². The van der Waals surface area contributed by atoms with Gasteiger partial charge in [-0.1, -0.05) is 0 Å². The molecule has 0 aliphatic rings. The molecule has 0 radical (unpaired) electrons. The van der Waals surface area contributed by atoms with Crippen molar-refractivity contribution in [3.63, 3.8) is 0 Å². The average molecular weight is 380 g/mol. The van der Waals surface area contributed by atoms with Gasteiger partial charge in [-0.25, -0.2) is 9.59 Å². The van der Waals surface area contributed by atoms with Gasteiger partial charge in [-0.3, -0.25) is 0 Å². The normalized spacial score (nSPS) is 10.3. The third-order valence-electron chi connectivity index (χ3n) is 3.81. The summed E-state index contributed by atoms with van der Waals surface area (Å²) >= 11 is 0. The molecule has 0 aromatic heterocycles. The van der Waals surface area contributed by atoms with E-state index in [4.69, 9.17) is 31.2 Å². The van der Waals surface area contributed by atoms with Gasteiger partial charge in [-0.15, -0.1) is 0 Å². The van der Waals surface area contributed by atoms with Crippen molar-refractivity contribution < 1.29 is 29.3 Å². The molecule has 3 rings (SSSR count). The highest BCUT2D eigenvalue weighted by Crippen LogP contribution is 2.29. The van der Waals surface area contributed by atoms with Crippen LogP contribution in [0.3, 0.4) is 0 Å². The van der Waals surface area contributed by atoms with Crippen molar-refractivity contribution >= 4 is 23.3 Å². The molecule has 0 atom stereocenters. The number of nitrogen functional groups attached to an aromatic ring is 2. The van der Waals surface area contributed by atoms with Gasteiger partial charge in [0.2, 0.25) is 0 Å². The summed E-state index contributed by atoms with van der Waals surface area (Å²) in [5.74, 6) is -0.726. The molecular formula is C20H16N2O6. The molecule has 0 aliphatic carbocycles. The van der Waals surface area contributed by atoms with E-state index in [-0.39, 0.29) is 22.5 Å². The van der Waals surface area contributed by atoms with Crippen molar-refractivity contribution in [3.05, 3.63) is 71.8 Å². The number of ether oxygens (including phenoxy) is 2. The summed E-state index contributed by atoms with van der Waals surface area (Å²) < 4.78 is 11.3. The lowest BCUT2D eigenvalue weighted by molar-refractivity contribution is 0.0687. The molecule has 6 N–H and O–H groups in total. The Hall–Kier alpha value is -4.20. The third kappa shape index (κ3) is 4.13. The molecule has 0 aliphatic heterocycles. The fourth-order valence-electron chi connectivity index (χ4n) is 2.42. The zero-order chi connectivity index (χ0) is 20.3. The zero-order valence-electron chi connectivity index (χ0n) is 14.5. The first-order valence-corrected chi connectivity index (χ1v) is 8.05. The van der Waals surface area contributed by atoms with Crippen LogP contribution in [0.2, 0.25) is 0 Å². The summed E-state index contributed by atoms with van der Waals surface area (Å²) in [6.07, 6.45) is 0. The highest BCUT2D eigenvalue weighted by molar-refractivity contribution is 5.94. The van der Waals surface area contributed by atoms with Crippen molar-refractivity contribution in [2.24, 2.45) is 0 Å². The first-order chi connectivity index (χ1) is 13.3. The number of aromatic carboxylic acids is 2. The minimum atomic E-state index is -1.14. The maximum atomic E-state index is 11.1. The van der Waals surface area contributed by atoms with Gasteiger partial charge in [0.25, 0.3) is 0 Å². The summed E-state index contributed by atoms with van der Waals surface area (Å²) in [5, 5.41) is 18.2. The topological polar surface area (TPSA) is 145 Å². The number of hydrogen-bond donors (Lipinski definition) is 4. The SMILES string of the molecule is Nc1ccc(Oc2ccc(Oc3ccc(N)c(C(=O)O)c3)cc2)cc1C(=O)O. The molecule has 0 spiro atoms. The maximum absolute atomic E-state index is 11.1. The molecule has 0 saturated heterocycles. The average Bonchev–Trinajstić information content (AvgIpc) is 2.66. The number of carbonyl (C=O) groups is 2. The van der Waals surface area contributed by atoms with Gasteiger partial charge in [-0.2, -0.15) is 0 Å². The molecule has 3 aromatic carbocycles. The molecule has 8 nitrogen and oxygen atoms in total. The fourth-order valence-corrected chi connectivity index (χ4v) is 2.42. The lowest BCUT2D eigenvalue weighted by atomic mass is 10.1. The smallest absolute Gasteiger partial charge is 0.337 e. The van der Waals surface area contributed by atoms with Crippen molar-refractivity contribution in [1.82, 2.24) is 0 Å². The Bertz CT molecular complexity index is 963. The Morgan fingerprint density at radius 1 is 0.607 bits per heavy atom. The lowest BCUT2D eigenvalue weighted by Crippen LogP contribution is -2.02. The molecule has 142 valence electrons. The van der Waals surface area contributed by atoms with Crippen LogP contribution in [0.25, 0.3) is 0 Å². The Morgan fingerprint density at radius 3 is 1.25 bits per heavy atom. The lowest BCUT2D eigenvalue weighted by Gasteiger charge is -2.10. The van der Waals surface area contributed by atoms with Crippen molar-refractivity contribution in [3.8, 4) is 23.0 Å². The molecule has 0 amide bonds. The molecule has 3 aromatic rings. The number of benzene rings is 3. The van der Waals surface area contributed by atoms with Gasteiger partial charge in [0.05, 0.1) is 11.1 Å². The molecule has 0 fully saturated rings. The highest BCUT2D eigenvalue weighted by Gasteiger charge is 2.11. The predicted molar refractivity (Wildman–Crippen MR) is 102 cm³/mol. The standard InChI is InChI=1S/C20H16N2O6/c21-17-7-5-13(9-15(17)19(23)24)27-11-1-2-12(4-3-11)28-14-6-8-18(22)16(10-14)20(25)26/h1-10H,21-22H2,(H,23,24)(H,25,26). The Kier molecular flexibility index (Phi) is 5.03. The van der Waals surface area contributed by atoms with Crippen LogP contribution in [0, 0.1) is 0 Å².